The van der Waals surface area contributed by atoms with Gasteiger partial charge in [-0.15, -0.1) is 0 Å². The molecule has 2 unspecified atom stereocenters. The van der Waals surface area contributed by atoms with Crippen LogP contribution in [-0.2, 0) is 20.9 Å². The molecule has 0 nitrogen and oxygen atoms in total. The second kappa shape index (κ2) is 13.3. The average molecular weight is 564 g/mol. The van der Waals surface area contributed by atoms with Crippen molar-refractivity contribution in [2.75, 3.05) is 0 Å². The van der Waals surface area contributed by atoms with Crippen LogP contribution in [0.15, 0.2) is 74.6 Å². The molecule has 2 aromatic rings. The fraction of sp³-hybridized carbons (Fsp3) is 0.357. The number of hydrogen-bond donors (Lipinski definition) is 0. The van der Waals surface area contributed by atoms with Gasteiger partial charge in [0.15, 0.2) is 0 Å². The predicted molar refractivity (Wildman–Crippen MR) is 134 cm³/mol. The van der Waals surface area contributed by atoms with Crippen LogP contribution in [0.1, 0.15) is 62.7 Å². The molecule has 2 atom stereocenters. The van der Waals surface area contributed by atoms with Crippen molar-refractivity contribution >= 4 is 12.7 Å². The van der Waals surface area contributed by atoms with Crippen LogP contribution < -0.4 is 24.8 Å². The first-order valence-electron chi connectivity index (χ1n) is 11.7. The van der Waals surface area contributed by atoms with Crippen molar-refractivity contribution in [3.63, 3.8) is 0 Å². The Kier molecular flexibility index (Phi) is 12.2. The third-order valence-electron chi connectivity index (χ3n) is 6.67. The van der Waals surface area contributed by atoms with E-state index >= 15 is 0 Å². The topological polar surface area (TPSA) is 0 Å². The van der Waals surface area contributed by atoms with Crippen molar-refractivity contribution in [1.82, 2.24) is 0 Å². The summed E-state index contributed by atoms with van der Waals surface area (Å²) in [5.41, 5.74) is 10.9. The van der Waals surface area contributed by atoms with E-state index in [9.17, 15) is 0 Å². The van der Waals surface area contributed by atoms with Crippen molar-refractivity contribution < 1.29 is 45.7 Å². The molecule has 0 aliphatic heterocycles. The molecule has 2 aliphatic rings. The minimum absolute atomic E-state index is 0. The zero-order chi connectivity index (χ0) is 21.8. The van der Waals surface area contributed by atoms with Gasteiger partial charge in [0.05, 0.1) is 0 Å². The Bertz CT molecular complexity index is 992. The van der Waals surface area contributed by atoms with Crippen LogP contribution in [0.2, 0.25) is 6.55 Å². The van der Waals surface area contributed by atoms with Crippen LogP contribution in [0.25, 0.3) is 17.2 Å². The summed E-state index contributed by atoms with van der Waals surface area (Å²) < 4.78 is 2.70. The summed E-state index contributed by atoms with van der Waals surface area (Å²) >= 11 is -1.72. The quantitative estimate of drug-likeness (QED) is 0.488. The first-order valence-corrected chi connectivity index (χ1v) is 21.7. The summed E-state index contributed by atoms with van der Waals surface area (Å²) in [6.45, 7) is 16.1. The first kappa shape index (κ1) is 29.4. The second-order valence-electron chi connectivity index (χ2n) is 8.24. The summed E-state index contributed by atoms with van der Waals surface area (Å²) in [5.74, 6) is 0.682. The van der Waals surface area contributed by atoms with E-state index in [1.165, 1.54) is 23.1 Å². The van der Waals surface area contributed by atoms with E-state index in [2.05, 4.69) is 94.9 Å². The predicted octanol–water partition coefficient (Wildman–Crippen LogP) is 1.86. The van der Waals surface area contributed by atoms with E-state index in [-0.39, 0.29) is 31.5 Å². The van der Waals surface area contributed by atoms with Gasteiger partial charge in [0.2, 0.25) is 0 Å². The number of allylic oxidation sites excluding steroid dienone is 5. The van der Waals surface area contributed by atoms with Crippen LogP contribution in [0, 0.1) is 5.92 Å². The number of fused-ring (bicyclic) bond motifs is 1. The van der Waals surface area contributed by atoms with Gasteiger partial charge in [-0.05, 0) is 0 Å². The Hall–Kier alpha value is -0.660. The SMILES string of the molecule is CC.CCC1=Cc2c(-c3ccccc3)cccc2[CH]1[Zr+2]([SiH2]C)[C]1=C(C)C(C)=CC1C.[Cl-].[Cl-]. The van der Waals surface area contributed by atoms with Gasteiger partial charge < -0.3 is 24.8 Å². The summed E-state index contributed by atoms with van der Waals surface area (Å²) in [6, 6.07) is 18.0. The van der Waals surface area contributed by atoms with Crippen LogP contribution in [0.4, 0.5) is 0 Å². The minimum Gasteiger partial charge on any atom is -1.00 e. The van der Waals surface area contributed by atoms with Crippen molar-refractivity contribution in [3.8, 4) is 11.1 Å². The monoisotopic (exact) mass is 561 g/mol. The first-order chi connectivity index (χ1) is 14.6. The third-order valence-corrected chi connectivity index (χ3v) is 24.8. The van der Waals surface area contributed by atoms with Gasteiger partial charge in [-0.25, -0.2) is 0 Å². The zero-order valence-corrected chi connectivity index (χ0v) is 26.0. The maximum atomic E-state index is 2.60. The van der Waals surface area contributed by atoms with Gasteiger partial charge in [0, 0.05) is 0 Å². The van der Waals surface area contributed by atoms with Crippen molar-refractivity contribution in [2.45, 2.75) is 58.1 Å². The number of hydrogen-bond acceptors (Lipinski definition) is 0. The molecular formula is C28H37Cl2SiZr. The van der Waals surface area contributed by atoms with Gasteiger partial charge in [0.25, 0.3) is 0 Å². The molecule has 0 heterocycles. The maximum Gasteiger partial charge on any atom is -1.00 e. The van der Waals surface area contributed by atoms with Gasteiger partial charge in [0.1, 0.15) is 0 Å². The second-order valence-corrected chi connectivity index (χ2v) is 24.0. The number of rotatable bonds is 5. The largest absolute Gasteiger partial charge is 1.00 e. The Labute approximate surface area is 218 Å². The van der Waals surface area contributed by atoms with E-state index in [0.29, 0.717) is 5.92 Å². The molecule has 0 saturated heterocycles. The van der Waals surface area contributed by atoms with E-state index < -0.39 is 20.9 Å². The summed E-state index contributed by atoms with van der Waals surface area (Å²) in [4.78, 5) is 0. The molecule has 0 radical (unpaired) electrons. The molecule has 2 aliphatic carbocycles. The van der Waals surface area contributed by atoms with Crippen molar-refractivity contribution in [2.24, 2.45) is 5.92 Å². The molecule has 4 heteroatoms. The minimum atomic E-state index is -1.72. The fourth-order valence-corrected chi connectivity index (χ4v) is 25.6. The normalized spacial score (nSPS) is 18.8. The molecule has 4 rings (SSSR count). The maximum absolute atomic E-state index is 2.60. The van der Waals surface area contributed by atoms with Crippen LogP contribution in [0.5, 0.6) is 0 Å². The molecule has 32 heavy (non-hydrogen) atoms. The van der Waals surface area contributed by atoms with Gasteiger partial charge >= 0.3 is 181 Å². The summed E-state index contributed by atoms with van der Waals surface area (Å²) in [5, 5.41) is 0. The molecule has 0 fully saturated rings. The van der Waals surface area contributed by atoms with Crippen LogP contribution in [0.3, 0.4) is 0 Å². The van der Waals surface area contributed by atoms with Gasteiger partial charge in [-0.1, -0.05) is 13.8 Å². The average Bonchev–Trinajstić information content (AvgIpc) is 3.28. The molecular weight excluding hydrogens is 527 g/mol. The summed E-state index contributed by atoms with van der Waals surface area (Å²) in [6.07, 6.45) is 6.29. The van der Waals surface area contributed by atoms with Crippen molar-refractivity contribution in [1.29, 1.82) is 0 Å². The van der Waals surface area contributed by atoms with Gasteiger partial charge in [-0.3, -0.25) is 0 Å². The third kappa shape index (κ3) is 5.52. The molecule has 171 valence electrons. The molecule has 0 aromatic heterocycles. The Morgan fingerprint density at radius 1 is 0.938 bits per heavy atom. The Morgan fingerprint density at radius 2 is 1.59 bits per heavy atom. The molecule has 0 bridgehead atoms. The van der Waals surface area contributed by atoms with Crippen molar-refractivity contribution in [3.05, 3.63) is 85.7 Å². The van der Waals surface area contributed by atoms with Gasteiger partial charge in [-0.2, -0.15) is 0 Å². The van der Waals surface area contributed by atoms with Crippen LogP contribution >= 0.6 is 0 Å². The van der Waals surface area contributed by atoms with E-state index in [1.807, 2.05) is 17.1 Å². The fourth-order valence-electron chi connectivity index (χ4n) is 5.27. The molecule has 2 aromatic carbocycles. The smallest absolute Gasteiger partial charge is 1.00 e. The zero-order valence-electron chi connectivity index (χ0n) is 20.6. The standard InChI is InChI=1S/C17H15.C8H11.C2H6.CH5Si.2ClH.Zr/c1-2-13-11-15-9-6-10-16(17(15)12-13)14-7-4-3-5-8-14;1-6-4-7(2)8(3)5-6;2*1-2;;;/h3-12H,2H2,1H3;4,6H,1-3H3;1-2H3;2H2,1H3;2*1H;/q;;;;;;+2/p-2. The Morgan fingerprint density at radius 3 is 2.12 bits per heavy atom. The molecule has 0 N–H and O–H groups in total. The molecule has 0 saturated carbocycles. The van der Waals surface area contributed by atoms with E-state index in [4.69, 9.17) is 0 Å². The van der Waals surface area contributed by atoms with Crippen LogP contribution in [-0.4, -0.2) is 6.65 Å². The summed E-state index contributed by atoms with van der Waals surface area (Å²) in [7, 11) is 0. The number of benzene rings is 2. The Balaban J connectivity index is 0.00000125. The number of halogens is 2. The molecule has 0 spiro atoms. The van der Waals surface area contributed by atoms with E-state index in [1.54, 1.807) is 22.3 Å². The molecule has 0 amide bonds. The van der Waals surface area contributed by atoms with E-state index in [0.717, 1.165) is 3.63 Å².